The molecular weight excluding hydrogens is 210 g/mol. The molecule has 0 bridgehead atoms. The smallest absolute Gasteiger partial charge is 0.328 e. The molecule has 1 aliphatic heterocycles. The van der Waals surface area contributed by atoms with Crippen LogP contribution in [0, 0.1) is 11.3 Å². The van der Waals surface area contributed by atoms with E-state index in [1.807, 2.05) is 13.8 Å². The summed E-state index contributed by atoms with van der Waals surface area (Å²) in [6.07, 6.45) is 1.89. The Morgan fingerprint density at radius 1 is 1.44 bits per heavy atom. The van der Waals surface area contributed by atoms with Crippen LogP contribution in [0.3, 0.4) is 0 Å². The van der Waals surface area contributed by atoms with E-state index in [9.17, 15) is 9.59 Å². The number of aliphatic carboxylic acids is 1. The Balaban J connectivity index is 2.65. The highest BCUT2D eigenvalue weighted by Gasteiger charge is 2.40. The maximum atomic E-state index is 11.6. The number of rotatable bonds is 3. The second-order valence-corrected chi connectivity index (χ2v) is 4.76. The lowest BCUT2D eigenvalue weighted by Gasteiger charge is -2.23. The molecule has 1 aliphatic rings. The molecule has 0 unspecified atom stereocenters. The van der Waals surface area contributed by atoms with Crippen LogP contribution in [0.4, 0.5) is 0 Å². The Morgan fingerprint density at radius 3 is 2.50 bits per heavy atom. The summed E-state index contributed by atoms with van der Waals surface area (Å²) >= 11 is 0. The fourth-order valence-electron chi connectivity index (χ4n) is 1.92. The van der Waals surface area contributed by atoms with Gasteiger partial charge >= 0.3 is 5.97 Å². The minimum Gasteiger partial charge on any atom is -0.478 e. The van der Waals surface area contributed by atoms with Crippen LogP contribution in [0.5, 0.6) is 0 Å². The van der Waals surface area contributed by atoms with Crippen LogP contribution >= 0.6 is 0 Å². The van der Waals surface area contributed by atoms with Gasteiger partial charge in [-0.15, -0.1) is 0 Å². The minimum atomic E-state index is -1.13. The number of carbonyl (C=O) groups is 2. The van der Waals surface area contributed by atoms with Crippen LogP contribution in [-0.4, -0.2) is 46.7 Å². The molecule has 1 rings (SSSR count). The zero-order valence-electron chi connectivity index (χ0n) is 9.51. The second kappa shape index (κ2) is 4.65. The lowest BCUT2D eigenvalue weighted by Crippen LogP contribution is -2.28. The maximum Gasteiger partial charge on any atom is 0.328 e. The molecule has 0 saturated carbocycles. The second-order valence-electron chi connectivity index (χ2n) is 4.76. The van der Waals surface area contributed by atoms with Crippen molar-refractivity contribution in [1.82, 2.24) is 4.90 Å². The number of amides is 1. The molecule has 0 radical (unpaired) electrons. The molecule has 1 atom stereocenters. The van der Waals surface area contributed by atoms with Crippen molar-refractivity contribution in [3.8, 4) is 0 Å². The number of hydrogen-bond donors (Lipinski definition) is 2. The Morgan fingerprint density at radius 2 is 2.06 bits per heavy atom. The zero-order chi connectivity index (χ0) is 12.3. The van der Waals surface area contributed by atoms with Gasteiger partial charge in [0, 0.05) is 37.8 Å². The van der Waals surface area contributed by atoms with Crippen LogP contribution in [0.25, 0.3) is 0 Å². The Bertz CT molecular complexity index is 322. The van der Waals surface area contributed by atoms with Gasteiger partial charge in [-0.05, 0) is 5.41 Å². The predicted octanol–water partition coefficient (Wildman–Crippen LogP) is 0.104. The van der Waals surface area contributed by atoms with E-state index in [1.54, 1.807) is 4.90 Å². The van der Waals surface area contributed by atoms with Crippen molar-refractivity contribution in [1.29, 1.82) is 0 Å². The standard InChI is InChI=1S/C11H17NO4/c1-11(2)7-12(5-8(11)6-13)9(14)3-4-10(15)16/h3-4,8,13H,5-7H2,1-2H3,(H,15,16)/b4-3+/t8-/m0/s1. The fourth-order valence-corrected chi connectivity index (χ4v) is 1.92. The number of nitrogens with zero attached hydrogens (tertiary/aromatic N) is 1. The van der Waals surface area contributed by atoms with E-state index in [2.05, 4.69) is 0 Å². The van der Waals surface area contributed by atoms with Crippen molar-refractivity contribution in [2.24, 2.45) is 11.3 Å². The van der Waals surface area contributed by atoms with Gasteiger partial charge in [0.05, 0.1) is 0 Å². The summed E-state index contributed by atoms with van der Waals surface area (Å²) < 4.78 is 0. The zero-order valence-corrected chi connectivity index (χ0v) is 9.51. The lowest BCUT2D eigenvalue weighted by molar-refractivity contribution is -0.132. The number of carbonyl (C=O) groups excluding carboxylic acids is 1. The van der Waals surface area contributed by atoms with Gasteiger partial charge in [-0.1, -0.05) is 13.8 Å². The molecule has 0 aromatic rings. The van der Waals surface area contributed by atoms with E-state index in [0.29, 0.717) is 13.1 Å². The van der Waals surface area contributed by atoms with Crippen LogP contribution < -0.4 is 0 Å². The molecule has 0 aliphatic carbocycles. The van der Waals surface area contributed by atoms with Crippen molar-refractivity contribution in [3.05, 3.63) is 12.2 Å². The highest BCUT2D eigenvalue weighted by molar-refractivity contribution is 5.94. The van der Waals surface area contributed by atoms with Gasteiger partial charge in [0.25, 0.3) is 0 Å². The summed E-state index contributed by atoms with van der Waals surface area (Å²) in [5.74, 6) is -1.40. The van der Waals surface area contributed by atoms with E-state index in [-0.39, 0.29) is 23.8 Å². The van der Waals surface area contributed by atoms with Gasteiger partial charge in [0.1, 0.15) is 0 Å². The van der Waals surface area contributed by atoms with E-state index in [0.717, 1.165) is 12.2 Å². The summed E-state index contributed by atoms with van der Waals surface area (Å²) in [4.78, 5) is 23.4. The minimum absolute atomic E-state index is 0.0411. The average molecular weight is 227 g/mol. The molecule has 16 heavy (non-hydrogen) atoms. The molecule has 90 valence electrons. The quantitative estimate of drug-likeness (QED) is 0.670. The topological polar surface area (TPSA) is 77.8 Å². The van der Waals surface area contributed by atoms with Gasteiger partial charge in [-0.3, -0.25) is 4.79 Å². The molecule has 1 saturated heterocycles. The Kier molecular flexibility index (Phi) is 3.70. The van der Waals surface area contributed by atoms with Crippen molar-refractivity contribution < 1.29 is 19.8 Å². The van der Waals surface area contributed by atoms with Gasteiger partial charge in [0.15, 0.2) is 0 Å². The third-order valence-corrected chi connectivity index (χ3v) is 3.04. The molecule has 5 heteroatoms. The number of likely N-dealkylation sites (tertiary alicyclic amines) is 1. The number of hydrogen-bond acceptors (Lipinski definition) is 3. The summed E-state index contributed by atoms with van der Waals surface area (Å²) in [5, 5.41) is 17.6. The third kappa shape index (κ3) is 2.82. The van der Waals surface area contributed by atoms with Crippen LogP contribution in [0.2, 0.25) is 0 Å². The van der Waals surface area contributed by atoms with Crippen LogP contribution in [0.1, 0.15) is 13.8 Å². The van der Waals surface area contributed by atoms with Crippen LogP contribution in [0.15, 0.2) is 12.2 Å². The van der Waals surface area contributed by atoms with Crippen molar-refractivity contribution >= 4 is 11.9 Å². The summed E-state index contributed by atoms with van der Waals surface area (Å²) in [6, 6.07) is 0. The molecule has 2 N–H and O–H groups in total. The molecule has 1 heterocycles. The first-order valence-electron chi connectivity index (χ1n) is 5.17. The monoisotopic (exact) mass is 227 g/mol. The Labute approximate surface area is 94.4 Å². The number of carboxylic acid groups (broad SMARTS) is 1. The lowest BCUT2D eigenvalue weighted by atomic mass is 9.83. The SMILES string of the molecule is CC1(C)CN(C(=O)/C=C/C(=O)O)C[C@H]1CO. The van der Waals surface area contributed by atoms with Crippen LogP contribution in [-0.2, 0) is 9.59 Å². The van der Waals surface area contributed by atoms with E-state index in [1.165, 1.54) is 0 Å². The van der Waals surface area contributed by atoms with Crippen molar-refractivity contribution in [2.75, 3.05) is 19.7 Å². The molecule has 5 nitrogen and oxygen atoms in total. The summed E-state index contributed by atoms with van der Waals surface area (Å²) in [5.41, 5.74) is -0.124. The highest BCUT2D eigenvalue weighted by atomic mass is 16.4. The first-order valence-corrected chi connectivity index (χ1v) is 5.17. The van der Waals surface area contributed by atoms with Crippen molar-refractivity contribution in [2.45, 2.75) is 13.8 Å². The molecular formula is C11H17NO4. The van der Waals surface area contributed by atoms with Gasteiger partial charge in [-0.25, -0.2) is 4.79 Å². The number of aliphatic hydroxyl groups is 1. The maximum absolute atomic E-state index is 11.6. The molecule has 1 amide bonds. The normalized spacial score (nSPS) is 23.9. The first-order chi connectivity index (χ1) is 7.36. The largest absolute Gasteiger partial charge is 0.478 e. The van der Waals surface area contributed by atoms with Gasteiger partial charge in [0.2, 0.25) is 5.91 Å². The number of carboxylic acids is 1. The molecule has 0 aromatic carbocycles. The fraction of sp³-hybridized carbons (Fsp3) is 0.636. The van der Waals surface area contributed by atoms with Crippen molar-refractivity contribution in [3.63, 3.8) is 0 Å². The predicted molar refractivity (Wildman–Crippen MR) is 57.7 cm³/mol. The average Bonchev–Trinajstić information content (AvgIpc) is 2.49. The van der Waals surface area contributed by atoms with E-state index >= 15 is 0 Å². The summed E-state index contributed by atoms with van der Waals surface area (Å²) in [7, 11) is 0. The van der Waals surface area contributed by atoms with Gasteiger partial charge in [-0.2, -0.15) is 0 Å². The molecule has 1 fully saturated rings. The number of aliphatic hydroxyl groups excluding tert-OH is 1. The summed E-state index contributed by atoms with van der Waals surface area (Å²) in [6.45, 7) is 5.04. The molecule has 0 aromatic heterocycles. The van der Waals surface area contributed by atoms with Gasteiger partial charge < -0.3 is 15.1 Å². The van der Waals surface area contributed by atoms with E-state index in [4.69, 9.17) is 10.2 Å². The molecule has 0 spiro atoms. The first kappa shape index (κ1) is 12.7. The Hall–Kier alpha value is -1.36. The van der Waals surface area contributed by atoms with E-state index < -0.39 is 5.97 Å². The third-order valence-electron chi connectivity index (χ3n) is 3.04. The highest BCUT2D eigenvalue weighted by Crippen LogP contribution is 2.34.